The molecule has 2 rings (SSSR count). The summed E-state index contributed by atoms with van der Waals surface area (Å²) in [4.78, 5) is 14.3. The summed E-state index contributed by atoms with van der Waals surface area (Å²) in [5.74, 6) is 0.970. The second-order valence-electron chi connectivity index (χ2n) is 5.52. The molecule has 2 aromatic rings. The normalized spacial score (nSPS) is 10.7. The monoisotopic (exact) mass is 396 g/mol. The topological polar surface area (TPSA) is 50.8 Å². The van der Waals surface area contributed by atoms with Gasteiger partial charge < -0.3 is 14.8 Å². The van der Waals surface area contributed by atoms with Gasteiger partial charge in [0, 0.05) is 6.54 Å². The van der Waals surface area contributed by atoms with Crippen LogP contribution < -0.4 is 14.8 Å². The molecule has 0 saturated carbocycles. The second kappa shape index (κ2) is 10.3. The molecule has 0 fully saturated rings. The average Bonchev–Trinajstić information content (AvgIpc) is 2.63. The van der Waals surface area contributed by atoms with Crippen LogP contribution in [0.4, 0.5) is 5.69 Å². The van der Waals surface area contributed by atoms with Crippen molar-refractivity contribution >= 4 is 34.8 Å². The number of nitrogens with one attached hydrogen (secondary N) is 1. The van der Waals surface area contributed by atoms with Gasteiger partial charge in [-0.1, -0.05) is 48.3 Å². The highest BCUT2D eigenvalue weighted by Crippen LogP contribution is 2.32. The van der Waals surface area contributed by atoms with Crippen LogP contribution in [0.1, 0.15) is 6.92 Å². The molecule has 2 aromatic carbocycles. The van der Waals surface area contributed by atoms with E-state index in [1.54, 1.807) is 37.4 Å². The molecule has 0 aliphatic carbocycles. The second-order valence-corrected chi connectivity index (χ2v) is 6.33. The lowest BCUT2D eigenvalue weighted by atomic mass is 10.3. The van der Waals surface area contributed by atoms with Crippen molar-refractivity contribution in [1.29, 1.82) is 0 Å². The molecule has 1 N–H and O–H groups in total. The highest BCUT2D eigenvalue weighted by atomic mass is 35.5. The maximum absolute atomic E-state index is 12.3. The number of halogens is 2. The molecule has 0 unspecified atom stereocenters. The molecule has 0 radical (unpaired) electrons. The van der Waals surface area contributed by atoms with Gasteiger partial charge in [0.25, 0.3) is 0 Å². The van der Waals surface area contributed by atoms with Crippen molar-refractivity contribution in [2.75, 3.05) is 38.7 Å². The van der Waals surface area contributed by atoms with Crippen molar-refractivity contribution in [1.82, 2.24) is 4.90 Å². The number of carbonyl (C=O) groups is 1. The highest BCUT2D eigenvalue weighted by Gasteiger charge is 2.12. The van der Waals surface area contributed by atoms with E-state index in [0.717, 1.165) is 0 Å². The van der Waals surface area contributed by atoms with Gasteiger partial charge in [0.1, 0.15) is 12.4 Å². The van der Waals surface area contributed by atoms with E-state index in [2.05, 4.69) is 5.32 Å². The van der Waals surface area contributed by atoms with Crippen LogP contribution in [0.2, 0.25) is 10.0 Å². The first kappa shape index (κ1) is 20.4. The van der Waals surface area contributed by atoms with Gasteiger partial charge in [-0.05, 0) is 30.8 Å². The standard InChI is InChI=1S/C19H22Cl2N2O3/c1-3-23(11-12-26-19-14(20)7-6-8-15(19)21)13-18(24)22-16-9-4-5-10-17(16)25-2/h4-10H,3,11-13H2,1-2H3,(H,22,24). The van der Waals surface area contributed by atoms with Crippen LogP contribution >= 0.6 is 23.2 Å². The molecule has 0 aromatic heterocycles. The summed E-state index contributed by atoms with van der Waals surface area (Å²) in [5.41, 5.74) is 0.648. The van der Waals surface area contributed by atoms with E-state index in [4.69, 9.17) is 32.7 Å². The van der Waals surface area contributed by atoms with Gasteiger partial charge in [0.2, 0.25) is 5.91 Å². The van der Waals surface area contributed by atoms with Crippen molar-refractivity contribution in [2.45, 2.75) is 6.92 Å². The number of benzene rings is 2. The number of rotatable bonds is 9. The fourth-order valence-electron chi connectivity index (χ4n) is 2.39. The minimum atomic E-state index is -0.118. The zero-order valence-corrected chi connectivity index (χ0v) is 16.3. The first-order valence-corrected chi connectivity index (χ1v) is 9.02. The van der Waals surface area contributed by atoms with Crippen LogP contribution in [-0.4, -0.2) is 44.2 Å². The Bertz CT molecular complexity index is 720. The van der Waals surface area contributed by atoms with Crippen molar-refractivity contribution < 1.29 is 14.3 Å². The number of nitrogens with zero attached hydrogens (tertiary/aromatic N) is 1. The van der Waals surface area contributed by atoms with Crippen molar-refractivity contribution in [3.8, 4) is 11.5 Å². The molecule has 0 spiro atoms. The number of anilines is 1. The highest BCUT2D eigenvalue weighted by molar-refractivity contribution is 6.37. The number of ether oxygens (including phenoxy) is 2. The van der Waals surface area contributed by atoms with Crippen LogP contribution in [0.15, 0.2) is 42.5 Å². The lowest BCUT2D eigenvalue weighted by Crippen LogP contribution is -2.36. The Balaban J connectivity index is 1.86. The summed E-state index contributed by atoms with van der Waals surface area (Å²) in [5, 5.41) is 3.80. The Hall–Kier alpha value is -1.95. The smallest absolute Gasteiger partial charge is 0.238 e. The zero-order chi connectivity index (χ0) is 18.9. The summed E-state index contributed by atoms with van der Waals surface area (Å²) in [6.45, 7) is 3.88. The van der Waals surface area contributed by atoms with Gasteiger partial charge >= 0.3 is 0 Å². The lowest BCUT2D eigenvalue weighted by molar-refractivity contribution is -0.117. The molecule has 0 saturated heterocycles. The molecule has 7 heteroatoms. The Kier molecular flexibility index (Phi) is 8.04. The number of hydrogen-bond acceptors (Lipinski definition) is 4. The SMILES string of the molecule is CCN(CCOc1c(Cl)cccc1Cl)CC(=O)Nc1ccccc1OC. The van der Waals surface area contributed by atoms with Gasteiger partial charge in [-0.3, -0.25) is 9.69 Å². The number of likely N-dealkylation sites (N-methyl/N-ethyl adjacent to an activating group) is 1. The molecule has 0 heterocycles. The lowest BCUT2D eigenvalue weighted by Gasteiger charge is -2.20. The quantitative estimate of drug-likeness (QED) is 0.684. The summed E-state index contributed by atoms with van der Waals surface area (Å²) >= 11 is 12.2. The Morgan fingerprint density at radius 3 is 2.46 bits per heavy atom. The average molecular weight is 397 g/mol. The molecule has 26 heavy (non-hydrogen) atoms. The molecular weight excluding hydrogens is 375 g/mol. The van der Waals surface area contributed by atoms with E-state index in [9.17, 15) is 4.79 Å². The largest absolute Gasteiger partial charge is 0.495 e. The number of methoxy groups -OCH3 is 1. The third kappa shape index (κ3) is 5.80. The molecule has 0 aliphatic rings. The number of carbonyl (C=O) groups excluding carboxylic acids is 1. The minimum absolute atomic E-state index is 0.118. The summed E-state index contributed by atoms with van der Waals surface area (Å²) in [7, 11) is 1.57. The maximum atomic E-state index is 12.3. The van der Waals surface area contributed by atoms with Gasteiger partial charge in [-0.15, -0.1) is 0 Å². The number of amides is 1. The third-order valence-corrected chi connectivity index (χ3v) is 4.36. The third-order valence-electron chi connectivity index (χ3n) is 3.77. The van der Waals surface area contributed by atoms with Gasteiger partial charge in [-0.2, -0.15) is 0 Å². The molecule has 1 amide bonds. The molecule has 140 valence electrons. The van der Waals surface area contributed by atoms with Crippen LogP contribution in [0.5, 0.6) is 11.5 Å². The van der Waals surface area contributed by atoms with Crippen molar-refractivity contribution in [3.63, 3.8) is 0 Å². The van der Waals surface area contributed by atoms with Gasteiger partial charge in [0.05, 0.1) is 29.4 Å². The predicted octanol–water partition coefficient (Wildman–Crippen LogP) is 4.34. The molecule has 5 nitrogen and oxygen atoms in total. The number of para-hydroxylation sites is 3. The van der Waals surface area contributed by atoms with E-state index < -0.39 is 0 Å². The summed E-state index contributed by atoms with van der Waals surface area (Å²) in [6, 6.07) is 12.5. The van der Waals surface area contributed by atoms with E-state index in [1.807, 2.05) is 24.0 Å². The fraction of sp³-hybridized carbons (Fsp3) is 0.316. The van der Waals surface area contributed by atoms with E-state index >= 15 is 0 Å². The van der Waals surface area contributed by atoms with E-state index in [-0.39, 0.29) is 12.5 Å². The molecular formula is C19H22Cl2N2O3. The Labute approximate surface area is 163 Å². The summed E-state index contributed by atoms with van der Waals surface area (Å²) < 4.78 is 10.9. The van der Waals surface area contributed by atoms with E-state index in [1.165, 1.54) is 0 Å². The maximum Gasteiger partial charge on any atom is 0.238 e. The van der Waals surface area contributed by atoms with Crippen LogP contribution in [0, 0.1) is 0 Å². The van der Waals surface area contributed by atoms with Crippen LogP contribution in [-0.2, 0) is 4.79 Å². The number of hydrogen-bond donors (Lipinski definition) is 1. The molecule has 0 bridgehead atoms. The summed E-state index contributed by atoms with van der Waals surface area (Å²) in [6.07, 6.45) is 0. The fourth-order valence-corrected chi connectivity index (χ4v) is 2.89. The van der Waals surface area contributed by atoms with Crippen LogP contribution in [0.3, 0.4) is 0 Å². The van der Waals surface area contributed by atoms with Gasteiger partial charge in [0.15, 0.2) is 5.75 Å². The van der Waals surface area contributed by atoms with E-state index in [0.29, 0.717) is 46.9 Å². The van der Waals surface area contributed by atoms with Crippen LogP contribution in [0.25, 0.3) is 0 Å². The minimum Gasteiger partial charge on any atom is -0.495 e. The van der Waals surface area contributed by atoms with Crippen molar-refractivity contribution in [3.05, 3.63) is 52.5 Å². The Morgan fingerprint density at radius 2 is 1.81 bits per heavy atom. The zero-order valence-electron chi connectivity index (χ0n) is 14.8. The first-order chi connectivity index (χ1) is 12.5. The Morgan fingerprint density at radius 1 is 1.12 bits per heavy atom. The van der Waals surface area contributed by atoms with Gasteiger partial charge in [-0.25, -0.2) is 0 Å². The molecule has 0 atom stereocenters. The van der Waals surface area contributed by atoms with Crippen molar-refractivity contribution in [2.24, 2.45) is 0 Å². The predicted molar refractivity (Wildman–Crippen MR) is 106 cm³/mol. The molecule has 0 aliphatic heterocycles. The first-order valence-electron chi connectivity index (χ1n) is 8.27.